The van der Waals surface area contributed by atoms with E-state index in [-0.39, 0.29) is 11.8 Å². The van der Waals surface area contributed by atoms with Crippen molar-refractivity contribution in [3.63, 3.8) is 0 Å². The van der Waals surface area contributed by atoms with E-state index in [1.807, 2.05) is 47.8 Å². The molecule has 5 aromatic rings. The lowest BCUT2D eigenvalue weighted by molar-refractivity contribution is 0.0948. The molecule has 1 amide bonds. The highest BCUT2D eigenvalue weighted by Crippen LogP contribution is 2.30. The van der Waals surface area contributed by atoms with Crippen LogP contribution < -0.4 is 24.3 Å². The monoisotopic (exact) mass is 665 g/mol. The molecule has 0 saturated carbocycles. The number of nitrogens with one attached hydrogen (secondary N) is 1. The van der Waals surface area contributed by atoms with E-state index < -0.39 is 0 Å². The lowest BCUT2D eigenvalue weighted by Gasteiger charge is -2.23. The van der Waals surface area contributed by atoms with Crippen LogP contribution in [0, 0.1) is 0 Å². The number of carbonyl (C=O) groups is 1. The molecule has 48 heavy (non-hydrogen) atoms. The lowest BCUT2D eigenvalue weighted by Crippen LogP contribution is -2.27. The highest BCUT2D eigenvalue weighted by Gasteiger charge is 2.18. The minimum atomic E-state index is -0.161. The van der Waals surface area contributed by atoms with Crippen LogP contribution in [0.2, 0.25) is 0 Å². The fourth-order valence-corrected chi connectivity index (χ4v) is 6.57. The van der Waals surface area contributed by atoms with Gasteiger partial charge in [0.1, 0.15) is 22.2 Å². The number of methoxy groups -OCH3 is 4. The van der Waals surface area contributed by atoms with Gasteiger partial charge in [0.15, 0.2) is 11.5 Å². The molecule has 5 rings (SSSR count). The van der Waals surface area contributed by atoms with Crippen LogP contribution in [-0.2, 0) is 19.5 Å². The van der Waals surface area contributed by atoms with Gasteiger partial charge in [0, 0.05) is 42.6 Å². The van der Waals surface area contributed by atoms with E-state index in [1.54, 1.807) is 28.4 Å². The Hall–Kier alpha value is -4.86. The molecule has 1 N–H and O–H groups in total. The van der Waals surface area contributed by atoms with Crippen LogP contribution in [0.15, 0.2) is 102 Å². The summed E-state index contributed by atoms with van der Waals surface area (Å²) in [7, 11) is 6.59. The van der Waals surface area contributed by atoms with Gasteiger partial charge in [-0.3, -0.25) is 9.69 Å². The highest BCUT2D eigenvalue weighted by molar-refractivity contribution is 7.09. The Labute approximate surface area is 287 Å². The van der Waals surface area contributed by atoms with Crippen molar-refractivity contribution in [3.8, 4) is 23.0 Å². The molecule has 0 aliphatic rings. The number of ether oxygens (including phenoxy) is 4. The third-order valence-corrected chi connectivity index (χ3v) is 9.15. The quantitative estimate of drug-likeness (QED) is 0.111. The van der Waals surface area contributed by atoms with Gasteiger partial charge < -0.3 is 24.3 Å². The number of rotatable bonds is 17. The average Bonchev–Trinajstić information content (AvgIpc) is 3.61. The number of thiazole rings is 1. The molecule has 0 bridgehead atoms. The highest BCUT2D eigenvalue weighted by atomic mass is 32.1. The SMILES string of the molecule is COc1ccc(CN(CCc2ccc(OC)c(OC)c2)Cc2nc(C(=O)NCCC(c3ccccc3)c3ccccc3)cs2)c(OC)c1. The van der Waals surface area contributed by atoms with Crippen molar-refractivity contribution in [2.75, 3.05) is 41.5 Å². The predicted octanol–water partition coefficient (Wildman–Crippen LogP) is 7.37. The van der Waals surface area contributed by atoms with Gasteiger partial charge in [-0.1, -0.05) is 72.8 Å². The molecule has 250 valence electrons. The van der Waals surface area contributed by atoms with E-state index in [0.29, 0.717) is 36.8 Å². The molecule has 0 atom stereocenters. The van der Waals surface area contributed by atoms with Gasteiger partial charge in [-0.15, -0.1) is 11.3 Å². The second kappa shape index (κ2) is 17.3. The molecule has 1 heterocycles. The van der Waals surface area contributed by atoms with Crippen molar-refractivity contribution in [2.24, 2.45) is 0 Å². The van der Waals surface area contributed by atoms with Crippen molar-refractivity contribution in [1.82, 2.24) is 15.2 Å². The molecule has 0 spiro atoms. The Kier molecular flexibility index (Phi) is 12.5. The molecule has 0 fully saturated rings. The molecule has 1 aromatic heterocycles. The van der Waals surface area contributed by atoms with Crippen molar-refractivity contribution in [3.05, 3.63) is 135 Å². The minimum absolute atomic E-state index is 0.161. The molecule has 0 aliphatic heterocycles. The molecule has 0 saturated heterocycles. The zero-order valence-corrected chi connectivity index (χ0v) is 28.8. The minimum Gasteiger partial charge on any atom is -0.497 e. The maximum Gasteiger partial charge on any atom is 0.270 e. The standard InChI is InChI=1S/C39H43N3O5S/c1-44-32-17-16-31(36(24-32)46-3)25-42(22-20-28-15-18-35(45-2)37(23-28)47-4)26-38-41-34(27-48-38)39(43)40-21-19-33(29-11-7-5-8-12-29)30-13-9-6-10-14-30/h5-18,23-24,27,33H,19-22,25-26H2,1-4H3,(H,40,43). The first kappa shape index (κ1) is 34.5. The number of amides is 1. The smallest absolute Gasteiger partial charge is 0.270 e. The summed E-state index contributed by atoms with van der Waals surface area (Å²) in [4.78, 5) is 20.3. The van der Waals surface area contributed by atoms with E-state index in [4.69, 9.17) is 23.9 Å². The van der Waals surface area contributed by atoms with E-state index in [9.17, 15) is 4.79 Å². The van der Waals surface area contributed by atoms with E-state index >= 15 is 0 Å². The van der Waals surface area contributed by atoms with E-state index in [2.05, 4.69) is 64.8 Å². The molecule has 0 aliphatic carbocycles. The Morgan fingerprint density at radius 2 is 1.46 bits per heavy atom. The Morgan fingerprint density at radius 1 is 0.771 bits per heavy atom. The zero-order chi connectivity index (χ0) is 33.7. The first-order chi connectivity index (χ1) is 23.5. The number of hydrogen-bond donors (Lipinski definition) is 1. The number of carbonyl (C=O) groups excluding carboxylic acids is 1. The third-order valence-electron chi connectivity index (χ3n) is 8.32. The van der Waals surface area contributed by atoms with Crippen molar-refractivity contribution in [2.45, 2.75) is 31.8 Å². The number of hydrogen-bond acceptors (Lipinski definition) is 8. The fourth-order valence-electron chi connectivity index (χ4n) is 5.76. The van der Waals surface area contributed by atoms with Crippen LogP contribution in [0.25, 0.3) is 0 Å². The maximum absolute atomic E-state index is 13.2. The van der Waals surface area contributed by atoms with Gasteiger partial charge in [-0.2, -0.15) is 0 Å². The molecular formula is C39H43N3O5S. The largest absolute Gasteiger partial charge is 0.497 e. The summed E-state index contributed by atoms with van der Waals surface area (Å²) >= 11 is 1.50. The molecule has 0 radical (unpaired) electrons. The second-order valence-electron chi connectivity index (χ2n) is 11.4. The fraction of sp³-hybridized carbons (Fsp3) is 0.282. The predicted molar refractivity (Wildman–Crippen MR) is 191 cm³/mol. The lowest BCUT2D eigenvalue weighted by atomic mass is 9.88. The normalized spacial score (nSPS) is 11.0. The number of aromatic nitrogens is 1. The average molecular weight is 666 g/mol. The second-order valence-corrected chi connectivity index (χ2v) is 12.3. The van der Waals surface area contributed by atoms with Crippen molar-refractivity contribution >= 4 is 17.2 Å². The number of nitrogens with zero attached hydrogens (tertiary/aromatic N) is 2. The number of benzene rings is 4. The van der Waals surface area contributed by atoms with Crippen LogP contribution >= 0.6 is 11.3 Å². The molecule has 9 heteroatoms. The summed E-state index contributed by atoms with van der Waals surface area (Å²) in [5.74, 6) is 2.92. The Bertz CT molecular complexity index is 1710. The van der Waals surface area contributed by atoms with E-state index in [1.165, 1.54) is 22.5 Å². The van der Waals surface area contributed by atoms with Crippen LogP contribution in [0.1, 0.15) is 50.1 Å². The summed E-state index contributed by atoms with van der Waals surface area (Å²) in [5.41, 5.74) is 5.06. The summed E-state index contributed by atoms with van der Waals surface area (Å²) in [6, 6.07) is 32.7. The summed E-state index contributed by atoms with van der Waals surface area (Å²) in [6.07, 6.45) is 1.56. The van der Waals surface area contributed by atoms with Gasteiger partial charge in [0.05, 0.1) is 35.0 Å². The Morgan fingerprint density at radius 3 is 2.10 bits per heavy atom. The van der Waals surface area contributed by atoms with Crippen LogP contribution in [0.5, 0.6) is 23.0 Å². The first-order valence-corrected chi connectivity index (χ1v) is 16.9. The molecule has 0 unspecified atom stereocenters. The molecule has 8 nitrogen and oxygen atoms in total. The van der Waals surface area contributed by atoms with Gasteiger partial charge in [0.2, 0.25) is 0 Å². The maximum atomic E-state index is 13.2. The van der Waals surface area contributed by atoms with Crippen LogP contribution in [0.3, 0.4) is 0 Å². The van der Waals surface area contributed by atoms with Gasteiger partial charge >= 0.3 is 0 Å². The summed E-state index contributed by atoms with van der Waals surface area (Å²) in [5, 5.41) is 5.82. The molecular weight excluding hydrogens is 623 g/mol. The van der Waals surface area contributed by atoms with E-state index in [0.717, 1.165) is 47.0 Å². The zero-order valence-electron chi connectivity index (χ0n) is 28.0. The van der Waals surface area contributed by atoms with Crippen LogP contribution in [0.4, 0.5) is 0 Å². The van der Waals surface area contributed by atoms with Crippen molar-refractivity contribution in [1.29, 1.82) is 0 Å². The topological polar surface area (TPSA) is 82.2 Å². The van der Waals surface area contributed by atoms with Gasteiger partial charge in [-0.25, -0.2) is 4.98 Å². The van der Waals surface area contributed by atoms with Gasteiger partial charge in [-0.05, 0) is 47.7 Å². The van der Waals surface area contributed by atoms with Crippen LogP contribution in [-0.4, -0.2) is 57.3 Å². The third kappa shape index (κ3) is 9.14. The molecule has 4 aromatic carbocycles. The summed E-state index contributed by atoms with van der Waals surface area (Å²) in [6.45, 7) is 2.48. The Balaban J connectivity index is 1.26. The van der Waals surface area contributed by atoms with Gasteiger partial charge in [0.25, 0.3) is 5.91 Å². The van der Waals surface area contributed by atoms with Crippen molar-refractivity contribution < 1.29 is 23.7 Å². The first-order valence-electron chi connectivity index (χ1n) is 16.0. The summed E-state index contributed by atoms with van der Waals surface area (Å²) < 4.78 is 22.1.